The monoisotopic (exact) mass is 320 g/mol. The zero-order valence-corrected chi connectivity index (χ0v) is 14.6. The minimum absolute atomic E-state index is 0.0632. The van der Waals surface area contributed by atoms with E-state index >= 15 is 0 Å². The van der Waals surface area contributed by atoms with E-state index in [9.17, 15) is 14.4 Å². The van der Waals surface area contributed by atoms with Crippen molar-refractivity contribution >= 4 is 17.7 Å². The number of piperidine rings is 2. The molecule has 0 spiro atoms. The molecule has 0 bridgehead atoms. The van der Waals surface area contributed by atoms with Crippen molar-refractivity contribution in [3.8, 4) is 0 Å². The van der Waals surface area contributed by atoms with Gasteiger partial charge in [0.25, 0.3) is 5.91 Å². The molecule has 0 aromatic carbocycles. The Labute approximate surface area is 138 Å². The van der Waals surface area contributed by atoms with Crippen LogP contribution in [0.2, 0.25) is 0 Å². The van der Waals surface area contributed by atoms with Crippen molar-refractivity contribution in [1.29, 1.82) is 0 Å². The van der Waals surface area contributed by atoms with Crippen molar-refractivity contribution < 1.29 is 14.4 Å². The minimum atomic E-state index is -0.491. The maximum atomic E-state index is 12.4. The van der Waals surface area contributed by atoms with Crippen LogP contribution < -0.4 is 5.32 Å². The highest BCUT2D eigenvalue weighted by atomic mass is 16.2. The van der Waals surface area contributed by atoms with Gasteiger partial charge in [-0.15, -0.1) is 0 Å². The van der Waals surface area contributed by atoms with E-state index < -0.39 is 6.04 Å². The summed E-state index contributed by atoms with van der Waals surface area (Å²) in [6.07, 6.45) is 7.50. The molecule has 0 saturated carbocycles. The van der Waals surface area contributed by atoms with E-state index in [-0.39, 0.29) is 17.7 Å². The third-order valence-electron chi connectivity index (χ3n) is 3.95. The molecule has 2 aliphatic heterocycles. The number of nitrogens with zero attached hydrogens (tertiary/aromatic N) is 1. The van der Waals surface area contributed by atoms with Gasteiger partial charge in [-0.25, -0.2) is 0 Å². The van der Waals surface area contributed by atoms with Crippen molar-refractivity contribution in [2.75, 3.05) is 6.54 Å². The van der Waals surface area contributed by atoms with Crippen LogP contribution in [0.15, 0.2) is 23.3 Å². The Hall–Kier alpha value is -1.91. The predicted molar refractivity (Wildman–Crippen MR) is 90.6 cm³/mol. The normalized spacial score (nSPS) is 23.2. The molecule has 2 fully saturated rings. The Morgan fingerprint density at radius 3 is 2.30 bits per heavy atom. The van der Waals surface area contributed by atoms with E-state index in [4.69, 9.17) is 0 Å². The van der Waals surface area contributed by atoms with E-state index in [1.165, 1.54) is 0 Å². The smallest absolute Gasteiger partial charge is 0.254 e. The van der Waals surface area contributed by atoms with Gasteiger partial charge in [0.1, 0.15) is 6.04 Å². The lowest BCUT2D eigenvalue weighted by molar-refractivity contribution is -0.144. The number of hydrogen-bond donors (Lipinski definition) is 1. The maximum absolute atomic E-state index is 12.4. The zero-order chi connectivity index (χ0) is 17.4. The van der Waals surface area contributed by atoms with Gasteiger partial charge in [0.2, 0.25) is 11.8 Å². The summed E-state index contributed by atoms with van der Waals surface area (Å²) in [5.41, 5.74) is 1.86. The lowest BCUT2D eigenvalue weighted by Crippen LogP contribution is -2.56. The highest BCUT2D eigenvalue weighted by Gasteiger charge is 2.38. The van der Waals surface area contributed by atoms with Crippen LogP contribution in [0.4, 0.5) is 0 Å². The van der Waals surface area contributed by atoms with Crippen LogP contribution in [0, 0.1) is 0 Å². The molecule has 0 aromatic rings. The molecule has 0 aromatic heterocycles. The molecule has 23 heavy (non-hydrogen) atoms. The summed E-state index contributed by atoms with van der Waals surface area (Å²) >= 11 is 0. The lowest BCUT2D eigenvalue weighted by atomic mass is 9.89. The van der Waals surface area contributed by atoms with Crippen LogP contribution in [-0.2, 0) is 14.4 Å². The maximum Gasteiger partial charge on any atom is 0.254 e. The molecule has 1 N–H and O–H groups in total. The molecule has 5 nitrogen and oxygen atoms in total. The average Bonchev–Trinajstić information content (AvgIpc) is 2.60. The van der Waals surface area contributed by atoms with E-state index in [2.05, 4.69) is 11.4 Å². The molecule has 1 atom stereocenters. The van der Waals surface area contributed by atoms with E-state index in [0.29, 0.717) is 19.4 Å². The van der Waals surface area contributed by atoms with Crippen molar-refractivity contribution in [2.45, 2.75) is 65.8 Å². The van der Waals surface area contributed by atoms with Crippen LogP contribution in [0.1, 0.15) is 59.8 Å². The van der Waals surface area contributed by atoms with Crippen molar-refractivity contribution in [3.63, 3.8) is 0 Å². The van der Waals surface area contributed by atoms with Crippen LogP contribution in [-0.4, -0.2) is 35.2 Å². The van der Waals surface area contributed by atoms with Gasteiger partial charge < -0.3 is 4.90 Å². The number of nitrogens with one attached hydrogen (secondary N) is 1. The highest BCUT2D eigenvalue weighted by Crippen LogP contribution is 2.30. The Morgan fingerprint density at radius 1 is 1.00 bits per heavy atom. The second-order valence-electron chi connectivity index (χ2n) is 5.14. The summed E-state index contributed by atoms with van der Waals surface area (Å²) in [4.78, 5) is 37.1. The summed E-state index contributed by atoms with van der Waals surface area (Å²) < 4.78 is 0. The molecule has 0 radical (unpaired) electrons. The first-order valence-corrected chi connectivity index (χ1v) is 8.71. The molecule has 5 heteroatoms. The quantitative estimate of drug-likeness (QED) is 0.755. The predicted octanol–water partition coefficient (Wildman–Crippen LogP) is 2.72. The van der Waals surface area contributed by atoms with Crippen molar-refractivity contribution in [1.82, 2.24) is 10.2 Å². The molecule has 3 rings (SSSR count). The van der Waals surface area contributed by atoms with Gasteiger partial charge in [-0.3, -0.25) is 19.7 Å². The Balaban J connectivity index is 0.000000615. The number of rotatable bonds is 1. The number of amides is 3. The second kappa shape index (κ2) is 9.28. The van der Waals surface area contributed by atoms with Crippen LogP contribution >= 0.6 is 0 Å². The summed E-state index contributed by atoms with van der Waals surface area (Å²) in [7, 11) is 0. The van der Waals surface area contributed by atoms with E-state index in [1.54, 1.807) is 4.90 Å². The summed E-state index contributed by atoms with van der Waals surface area (Å²) in [5.74, 6) is -0.650. The standard InChI is InChI=1S/C14H16N2O3.2C2H6/c17-12-6-5-11(13(18)15-12)16-8-7-9-3-1-2-4-10(9)14(16)19;2*1-2/h3-4,11H,1-2,5-8H2,(H,15,17,18);2*1-2H3. The SMILES string of the molecule is CC.CC.O=C1CCC(N2CCC3=CCCC=C3C2=O)C(=O)N1. The van der Waals surface area contributed by atoms with Gasteiger partial charge >= 0.3 is 0 Å². The third-order valence-corrected chi connectivity index (χ3v) is 3.95. The zero-order valence-electron chi connectivity index (χ0n) is 14.6. The van der Waals surface area contributed by atoms with Gasteiger partial charge in [0.15, 0.2) is 0 Å². The third kappa shape index (κ3) is 4.30. The molecular weight excluding hydrogens is 292 g/mol. The number of allylic oxidation sites excluding steroid dienone is 2. The molecule has 2 heterocycles. The Bertz CT molecular complexity index is 520. The number of likely N-dealkylation sites (tertiary alicyclic amines) is 1. The number of imide groups is 1. The Kier molecular flexibility index (Phi) is 7.72. The van der Waals surface area contributed by atoms with Crippen molar-refractivity contribution in [2.24, 2.45) is 0 Å². The van der Waals surface area contributed by atoms with Gasteiger partial charge in [0, 0.05) is 18.5 Å². The lowest BCUT2D eigenvalue weighted by Gasteiger charge is -2.37. The number of fused-ring (bicyclic) bond motifs is 1. The number of carbonyl (C=O) groups is 3. The number of hydrogen-bond acceptors (Lipinski definition) is 3. The fraction of sp³-hybridized carbons (Fsp3) is 0.611. The van der Waals surface area contributed by atoms with Gasteiger partial charge in [0.05, 0.1) is 0 Å². The first-order chi connectivity index (χ1) is 11.2. The minimum Gasteiger partial charge on any atom is -0.326 e. The molecule has 2 saturated heterocycles. The first kappa shape index (κ1) is 19.1. The molecule has 128 valence electrons. The molecule has 1 aliphatic carbocycles. The number of carbonyl (C=O) groups excluding carboxylic acids is 3. The summed E-state index contributed by atoms with van der Waals surface area (Å²) in [6.45, 7) is 8.56. The van der Waals surface area contributed by atoms with E-state index in [1.807, 2.05) is 33.8 Å². The molecule has 1 unspecified atom stereocenters. The van der Waals surface area contributed by atoms with Crippen LogP contribution in [0.5, 0.6) is 0 Å². The summed E-state index contributed by atoms with van der Waals surface area (Å²) in [6, 6.07) is -0.491. The average molecular weight is 320 g/mol. The Morgan fingerprint density at radius 2 is 1.65 bits per heavy atom. The van der Waals surface area contributed by atoms with Gasteiger partial charge in [-0.05, 0) is 31.3 Å². The molecule has 3 aliphatic rings. The van der Waals surface area contributed by atoms with Gasteiger partial charge in [-0.2, -0.15) is 0 Å². The first-order valence-electron chi connectivity index (χ1n) is 8.71. The van der Waals surface area contributed by atoms with Crippen molar-refractivity contribution in [3.05, 3.63) is 23.3 Å². The van der Waals surface area contributed by atoms with Gasteiger partial charge in [-0.1, -0.05) is 39.8 Å². The highest BCUT2D eigenvalue weighted by molar-refractivity contribution is 6.05. The topological polar surface area (TPSA) is 66.5 Å². The molecule has 3 amide bonds. The summed E-state index contributed by atoms with van der Waals surface area (Å²) in [5, 5.41) is 2.31. The second-order valence-corrected chi connectivity index (χ2v) is 5.14. The van der Waals surface area contributed by atoms with Crippen LogP contribution in [0.3, 0.4) is 0 Å². The largest absolute Gasteiger partial charge is 0.326 e. The van der Waals surface area contributed by atoms with Crippen LogP contribution in [0.25, 0.3) is 0 Å². The fourth-order valence-corrected chi connectivity index (χ4v) is 2.96. The fourth-order valence-electron chi connectivity index (χ4n) is 2.96. The molecular formula is C18H28N2O3. The van der Waals surface area contributed by atoms with E-state index in [0.717, 1.165) is 30.4 Å².